The van der Waals surface area contributed by atoms with Gasteiger partial charge in [-0.05, 0) is 62.6 Å². The van der Waals surface area contributed by atoms with E-state index < -0.39 is 5.82 Å². The molecular weight excluding hydrogens is 357 g/mol. The first-order chi connectivity index (χ1) is 13.4. The lowest BCUT2D eigenvalue weighted by molar-refractivity contribution is 0.554. The first kappa shape index (κ1) is 17.9. The van der Waals surface area contributed by atoms with Crippen LogP contribution in [0.3, 0.4) is 0 Å². The molecule has 28 heavy (non-hydrogen) atoms. The molecule has 0 aliphatic heterocycles. The third kappa shape index (κ3) is 3.38. The van der Waals surface area contributed by atoms with Crippen LogP contribution in [0.25, 0.3) is 11.1 Å². The van der Waals surface area contributed by atoms with Crippen LogP contribution in [0.2, 0.25) is 0 Å². The molecule has 4 rings (SSSR count). The molecule has 2 N–H and O–H groups in total. The molecule has 0 spiro atoms. The predicted octanol–water partition coefficient (Wildman–Crippen LogP) is 5.48. The highest BCUT2D eigenvalue weighted by molar-refractivity contribution is 5.79. The van der Waals surface area contributed by atoms with Gasteiger partial charge in [-0.25, -0.2) is 14.4 Å². The van der Waals surface area contributed by atoms with Gasteiger partial charge < -0.3 is 15.1 Å². The summed E-state index contributed by atoms with van der Waals surface area (Å²) < 4.78 is 19.2. The molecule has 6 nitrogen and oxygen atoms in total. The van der Waals surface area contributed by atoms with Crippen molar-refractivity contribution in [2.75, 3.05) is 10.6 Å². The van der Waals surface area contributed by atoms with E-state index in [-0.39, 0.29) is 5.58 Å². The maximum atomic E-state index is 14.1. The number of rotatable bonds is 4. The maximum Gasteiger partial charge on any atom is 0.229 e. The fraction of sp³-hybridized carbons (Fsp3) is 0.190. The van der Waals surface area contributed by atoms with Gasteiger partial charge in [0.25, 0.3) is 0 Å². The highest BCUT2D eigenvalue weighted by atomic mass is 19.1. The molecule has 142 valence electrons. The Hall–Kier alpha value is -3.48. The van der Waals surface area contributed by atoms with Gasteiger partial charge in [-0.2, -0.15) is 4.98 Å². The lowest BCUT2D eigenvalue weighted by atomic mass is 10.0. The minimum atomic E-state index is -0.479. The van der Waals surface area contributed by atoms with E-state index in [2.05, 4.69) is 58.5 Å². The fourth-order valence-corrected chi connectivity index (χ4v) is 3.00. The van der Waals surface area contributed by atoms with Crippen LogP contribution in [0.4, 0.5) is 27.5 Å². The van der Waals surface area contributed by atoms with Gasteiger partial charge in [-0.3, -0.25) is 0 Å². The molecule has 4 aromatic rings. The second-order valence-corrected chi connectivity index (χ2v) is 6.87. The summed E-state index contributed by atoms with van der Waals surface area (Å²) in [6.45, 7) is 8.14. The highest BCUT2D eigenvalue weighted by Gasteiger charge is 2.11. The standard InChI is InChI=1S/C21H20FN5O/c1-11-5-15(6-12(2)14(11)4)26-21-23-9-13(3)20(27-21)25-16-7-17(22)19-18(8-16)24-10-28-19/h5-10H,1-4H3,(H2,23,25,26,27). The number of nitrogens with zero attached hydrogens (tertiary/aromatic N) is 3. The van der Waals surface area contributed by atoms with E-state index in [4.69, 9.17) is 4.42 Å². The highest BCUT2D eigenvalue weighted by Crippen LogP contribution is 2.26. The van der Waals surface area contributed by atoms with E-state index >= 15 is 0 Å². The van der Waals surface area contributed by atoms with Crippen molar-refractivity contribution in [1.29, 1.82) is 0 Å². The first-order valence-electron chi connectivity index (χ1n) is 8.89. The Morgan fingerprint density at radius 3 is 2.32 bits per heavy atom. The normalized spacial score (nSPS) is 11.0. The lowest BCUT2D eigenvalue weighted by Crippen LogP contribution is -2.03. The Morgan fingerprint density at radius 2 is 1.57 bits per heavy atom. The van der Waals surface area contributed by atoms with Gasteiger partial charge in [0.05, 0.1) is 0 Å². The van der Waals surface area contributed by atoms with E-state index in [9.17, 15) is 4.39 Å². The summed E-state index contributed by atoms with van der Waals surface area (Å²) in [5, 5.41) is 6.38. The third-order valence-corrected chi connectivity index (χ3v) is 4.80. The van der Waals surface area contributed by atoms with Crippen molar-refractivity contribution in [1.82, 2.24) is 15.0 Å². The average molecular weight is 377 g/mol. The van der Waals surface area contributed by atoms with Crippen LogP contribution in [-0.4, -0.2) is 15.0 Å². The topological polar surface area (TPSA) is 75.9 Å². The number of aromatic nitrogens is 3. The van der Waals surface area contributed by atoms with Gasteiger partial charge in [0, 0.05) is 29.2 Å². The SMILES string of the molecule is Cc1cnc(Nc2cc(C)c(C)c(C)c2)nc1Nc1cc(F)c2ocnc2c1. The molecule has 0 aliphatic rings. The third-order valence-electron chi connectivity index (χ3n) is 4.80. The molecule has 0 aliphatic carbocycles. The summed E-state index contributed by atoms with van der Waals surface area (Å²) in [6, 6.07) is 7.19. The van der Waals surface area contributed by atoms with Gasteiger partial charge in [0.1, 0.15) is 11.3 Å². The number of hydrogen-bond donors (Lipinski definition) is 2. The number of nitrogens with one attached hydrogen (secondary N) is 2. The summed E-state index contributed by atoms with van der Waals surface area (Å²) in [6.07, 6.45) is 2.94. The Balaban J connectivity index is 1.63. The number of benzene rings is 2. The zero-order valence-electron chi connectivity index (χ0n) is 16.1. The Labute approximate surface area is 161 Å². The van der Waals surface area contributed by atoms with E-state index in [1.54, 1.807) is 12.3 Å². The molecule has 0 saturated carbocycles. The predicted molar refractivity (Wildman–Crippen MR) is 108 cm³/mol. The molecular formula is C21H20FN5O. The first-order valence-corrected chi connectivity index (χ1v) is 8.89. The molecule has 0 bridgehead atoms. The van der Waals surface area contributed by atoms with Gasteiger partial charge in [0.15, 0.2) is 17.8 Å². The average Bonchev–Trinajstić information content (AvgIpc) is 3.11. The molecule has 0 radical (unpaired) electrons. The van der Waals surface area contributed by atoms with Gasteiger partial charge in [-0.15, -0.1) is 0 Å². The number of oxazole rings is 1. The minimum absolute atomic E-state index is 0.137. The summed E-state index contributed by atoms with van der Waals surface area (Å²) in [4.78, 5) is 12.9. The van der Waals surface area contributed by atoms with Crippen LogP contribution < -0.4 is 10.6 Å². The van der Waals surface area contributed by atoms with Crippen molar-refractivity contribution in [3.8, 4) is 0 Å². The van der Waals surface area contributed by atoms with E-state index in [1.807, 2.05) is 6.92 Å². The maximum absolute atomic E-state index is 14.1. The van der Waals surface area contributed by atoms with Crippen molar-refractivity contribution < 1.29 is 8.81 Å². The smallest absolute Gasteiger partial charge is 0.229 e. The lowest BCUT2D eigenvalue weighted by Gasteiger charge is -2.13. The number of hydrogen-bond acceptors (Lipinski definition) is 6. The van der Waals surface area contributed by atoms with Gasteiger partial charge in [-0.1, -0.05) is 0 Å². The summed E-state index contributed by atoms with van der Waals surface area (Å²) in [5.41, 5.74) is 6.54. The molecule has 2 heterocycles. The van der Waals surface area contributed by atoms with Crippen LogP contribution in [-0.2, 0) is 0 Å². The van der Waals surface area contributed by atoms with Crippen molar-refractivity contribution >= 4 is 34.2 Å². The van der Waals surface area contributed by atoms with Crippen molar-refractivity contribution in [2.45, 2.75) is 27.7 Å². The molecule has 2 aromatic carbocycles. The molecule has 0 amide bonds. The number of halogens is 1. The van der Waals surface area contributed by atoms with Crippen LogP contribution in [0, 0.1) is 33.5 Å². The molecule has 0 unspecified atom stereocenters. The zero-order valence-corrected chi connectivity index (χ0v) is 16.1. The van der Waals surface area contributed by atoms with E-state index in [1.165, 1.54) is 29.2 Å². The summed E-state index contributed by atoms with van der Waals surface area (Å²) in [7, 11) is 0. The second kappa shape index (κ2) is 6.92. The van der Waals surface area contributed by atoms with Crippen LogP contribution >= 0.6 is 0 Å². The number of fused-ring (bicyclic) bond motifs is 1. The van der Waals surface area contributed by atoms with Crippen molar-refractivity contribution in [2.24, 2.45) is 0 Å². The Morgan fingerprint density at radius 1 is 0.857 bits per heavy atom. The van der Waals surface area contributed by atoms with Crippen LogP contribution in [0.1, 0.15) is 22.3 Å². The van der Waals surface area contributed by atoms with Crippen LogP contribution in [0.5, 0.6) is 0 Å². The molecule has 0 fully saturated rings. The minimum Gasteiger partial charge on any atom is -0.440 e. The number of aryl methyl sites for hydroxylation is 3. The molecule has 2 aromatic heterocycles. The van der Waals surface area contributed by atoms with Crippen LogP contribution in [0.15, 0.2) is 41.3 Å². The largest absolute Gasteiger partial charge is 0.440 e. The monoisotopic (exact) mass is 377 g/mol. The Kier molecular flexibility index (Phi) is 4.43. The van der Waals surface area contributed by atoms with Crippen molar-refractivity contribution in [3.63, 3.8) is 0 Å². The second-order valence-electron chi connectivity index (χ2n) is 6.87. The summed E-state index contributed by atoms with van der Waals surface area (Å²) in [5.74, 6) is 0.562. The quantitative estimate of drug-likeness (QED) is 0.491. The van der Waals surface area contributed by atoms with Crippen molar-refractivity contribution in [3.05, 3.63) is 64.9 Å². The van der Waals surface area contributed by atoms with Gasteiger partial charge in [0.2, 0.25) is 5.95 Å². The molecule has 0 atom stereocenters. The van der Waals surface area contributed by atoms with Gasteiger partial charge >= 0.3 is 0 Å². The number of anilines is 4. The van der Waals surface area contributed by atoms with E-state index in [0.717, 1.165) is 11.3 Å². The van der Waals surface area contributed by atoms with E-state index in [0.29, 0.717) is 23.0 Å². The zero-order chi connectivity index (χ0) is 19.8. The Bertz CT molecular complexity index is 1160. The molecule has 7 heteroatoms. The fourth-order valence-electron chi connectivity index (χ4n) is 3.00. The molecule has 0 saturated heterocycles. The summed E-state index contributed by atoms with van der Waals surface area (Å²) >= 11 is 0.